The summed E-state index contributed by atoms with van der Waals surface area (Å²) in [5.74, 6) is 1.30. The second-order valence-corrected chi connectivity index (χ2v) is 9.57. The highest BCUT2D eigenvalue weighted by atomic mass is 79.9. The van der Waals surface area contributed by atoms with Crippen molar-refractivity contribution in [2.45, 2.75) is 50.7 Å². The quantitative estimate of drug-likeness (QED) is 0.393. The summed E-state index contributed by atoms with van der Waals surface area (Å²) in [4.78, 5) is 11.4. The maximum atomic E-state index is 12.7. The summed E-state index contributed by atoms with van der Waals surface area (Å²) in [7, 11) is 3.93. The van der Waals surface area contributed by atoms with Crippen LogP contribution in [-0.4, -0.2) is 42.5 Å². The molecular weight excluding hydrogens is 511 g/mol. The third kappa shape index (κ3) is 6.29. The molecule has 2 N–H and O–H groups in total. The highest BCUT2D eigenvalue weighted by molar-refractivity contribution is 9.10. The van der Waals surface area contributed by atoms with Crippen molar-refractivity contribution in [3.05, 3.63) is 52.5 Å². The van der Waals surface area contributed by atoms with Crippen LogP contribution in [0.15, 0.2) is 46.9 Å². The van der Waals surface area contributed by atoms with E-state index in [0.29, 0.717) is 22.5 Å². The molecule has 0 spiro atoms. The van der Waals surface area contributed by atoms with Gasteiger partial charge in [-0.1, -0.05) is 34.1 Å². The lowest BCUT2D eigenvalue weighted by Crippen LogP contribution is -2.37. The minimum absolute atomic E-state index is 0.185. The van der Waals surface area contributed by atoms with Crippen molar-refractivity contribution in [2.75, 3.05) is 24.3 Å². The van der Waals surface area contributed by atoms with Crippen LogP contribution < -0.4 is 20.3 Å². The zero-order valence-electron chi connectivity index (χ0n) is 19.0. The Morgan fingerprint density at radius 2 is 1.74 bits per heavy atom. The van der Waals surface area contributed by atoms with Crippen LogP contribution in [0.5, 0.6) is 5.75 Å². The van der Waals surface area contributed by atoms with Crippen molar-refractivity contribution in [2.24, 2.45) is 0 Å². The summed E-state index contributed by atoms with van der Waals surface area (Å²) < 4.78 is 43.0. The average molecular weight is 538 g/mol. The van der Waals surface area contributed by atoms with Gasteiger partial charge in [0.1, 0.15) is 11.6 Å². The third-order valence-electron chi connectivity index (χ3n) is 5.90. The van der Waals surface area contributed by atoms with Gasteiger partial charge in [0.25, 0.3) is 0 Å². The second kappa shape index (κ2) is 10.4. The Hall–Kier alpha value is -2.59. The van der Waals surface area contributed by atoms with Crippen LogP contribution in [0.3, 0.4) is 0 Å². The molecular formula is C24H27BrF3N5O. The largest absolute Gasteiger partial charge is 0.573 e. The summed E-state index contributed by atoms with van der Waals surface area (Å²) in [6.45, 7) is 0.307. The van der Waals surface area contributed by atoms with Gasteiger partial charge in [-0.2, -0.15) is 4.98 Å². The highest BCUT2D eigenvalue weighted by Crippen LogP contribution is 2.30. The van der Waals surface area contributed by atoms with Crippen LogP contribution >= 0.6 is 15.9 Å². The van der Waals surface area contributed by atoms with E-state index in [1.54, 1.807) is 12.1 Å². The van der Waals surface area contributed by atoms with Crippen molar-refractivity contribution in [3.63, 3.8) is 0 Å². The molecule has 1 fully saturated rings. The first-order valence-electron chi connectivity index (χ1n) is 11.2. The van der Waals surface area contributed by atoms with Crippen LogP contribution in [-0.2, 0) is 6.54 Å². The Bertz CT molecular complexity index is 1130. The number of fused-ring (bicyclic) bond motifs is 1. The third-order valence-corrected chi connectivity index (χ3v) is 6.40. The van der Waals surface area contributed by atoms with Gasteiger partial charge in [-0.3, -0.25) is 0 Å². The number of rotatable bonds is 7. The zero-order valence-corrected chi connectivity index (χ0v) is 20.6. The van der Waals surface area contributed by atoms with Gasteiger partial charge < -0.3 is 20.3 Å². The van der Waals surface area contributed by atoms with Crippen LogP contribution in [0.25, 0.3) is 10.9 Å². The number of hydrogen-bond donors (Lipinski definition) is 2. The molecule has 0 radical (unpaired) electrons. The number of halogens is 4. The van der Waals surface area contributed by atoms with E-state index < -0.39 is 6.36 Å². The molecule has 1 aliphatic carbocycles. The van der Waals surface area contributed by atoms with Crippen LogP contribution in [0, 0.1) is 0 Å². The fourth-order valence-corrected chi connectivity index (χ4v) is 4.58. The van der Waals surface area contributed by atoms with Gasteiger partial charge in [0.2, 0.25) is 5.95 Å². The Balaban J connectivity index is 1.34. The summed E-state index contributed by atoms with van der Waals surface area (Å²) in [5, 5.41) is 7.87. The highest BCUT2D eigenvalue weighted by Gasteiger charge is 2.32. The van der Waals surface area contributed by atoms with Crippen molar-refractivity contribution < 1.29 is 17.9 Å². The predicted octanol–water partition coefficient (Wildman–Crippen LogP) is 5.87. The molecule has 6 nitrogen and oxygen atoms in total. The van der Waals surface area contributed by atoms with Crippen LogP contribution in [0.4, 0.5) is 24.9 Å². The molecule has 0 amide bonds. The second-order valence-electron chi connectivity index (χ2n) is 8.66. The molecule has 0 bridgehead atoms. The van der Waals surface area contributed by atoms with Gasteiger partial charge in [-0.05, 0) is 49.9 Å². The molecule has 10 heteroatoms. The van der Waals surface area contributed by atoms with Gasteiger partial charge >= 0.3 is 6.36 Å². The van der Waals surface area contributed by atoms with E-state index in [9.17, 15) is 13.2 Å². The molecule has 182 valence electrons. The molecule has 1 aromatic heterocycles. The van der Waals surface area contributed by atoms with E-state index in [1.165, 1.54) is 6.07 Å². The Morgan fingerprint density at radius 3 is 2.44 bits per heavy atom. The lowest BCUT2D eigenvalue weighted by atomic mass is 9.91. The SMILES string of the molecule is CN(C)c1nc(N[C@H]2CC[C@H](NCc3ccc(Br)cc3OC(F)(F)F)CC2)nc2ccccc12. The Morgan fingerprint density at radius 1 is 1.03 bits per heavy atom. The zero-order chi connectivity index (χ0) is 24.3. The number of aromatic nitrogens is 2. The first kappa shape index (κ1) is 24.5. The number of alkyl halides is 3. The number of anilines is 2. The molecule has 0 aliphatic heterocycles. The molecule has 1 saturated carbocycles. The smallest absolute Gasteiger partial charge is 0.405 e. The van der Waals surface area contributed by atoms with Crippen molar-refractivity contribution >= 4 is 38.6 Å². The summed E-state index contributed by atoms with van der Waals surface area (Å²) >= 11 is 3.20. The number of nitrogens with one attached hydrogen (secondary N) is 2. The van der Waals surface area contributed by atoms with Crippen molar-refractivity contribution in [3.8, 4) is 5.75 Å². The number of hydrogen-bond acceptors (Lipinski definition) is 6. The normalized spacial score (nSPS) is 18.6. The molecule has 4 rings (SSSR count). The minimum atomic E-state index is -4.73. The van der Waals surface area contributed by atoms with Crippen LogP contribution in [0.2, 0.25) is 0 Å². The van der Waals surface area contributed by atoms with E-state index in [2.05, 4.69) is 36.3 Å². The molecule has 1 heterocycles. The van der Waals surface area contributed by atoms with Gasteiger partial charge in [-0.25, -0.2) is 4.98 Å². The summed E-state index contributed by atoms with van der Waals surface area (Å²) in [6.07, 6.45) is -1.10. The molecule has 1 aliphatic rings. The van der Waals surface area contributed by atoms with E-state index in [4.69, 9.17) is 4.98 Å². The minimum Gasteiger partial charge on any atom is -0.405 e. The van der Waals surface area contributed by atoms with Crippen LogP contribution in [0.1, 0.15) is 31.2 Å². The van der Waals surface area contributed by atoms with E-state index in [0.717, 1.165) is 42.4 Å². The summed E-state index contributed by atoms with van der Waals surface area (Å²) in [5.41, 5.74) is 1.37. The Kier molecular flexibility index (Phi) is 7.47. The fourth-order valence-electron chi connectivity index (χ4n) is 4.24. The molecule has 34 heavy (non-hydrogen) atoms. The number of para-hydroxylation sites is 1. The standard InChI is InChI=1S/C24H27BrF3N5O/c1-33(2)22-19-5-3-4-6-20(19)31-23(32-22)30-18-11-9-17(10-12-18)29-14-15-7-8-16(25)13-21(15)34-24(26,27)28/h3-8,13,17-18,29H,9-12,14H2,1-2H3,(H,30,31,32)/t17-,18-. The Labute approximate surface area is 205 Å². The first-order chi connectivity index (χ1) is 16.2. The van der Waals surface area contributed by atoms with Gasteiger partial charge in [-0.15, -0.1) is 13.2 Å². The number of benzene rings is 2. The van der Waals surface area contributed by atoms with Crippen molar-refractivity contribution in [1.82, 2.24) is 15.3 Å². The number of ether oxygens (including phenoxy) is 1. The van der Waals surface area contributed by atoms with E-state index in [1.807, 2.05) is 43.3 Å². The first-order valence-corrected chi connectivity index (χ1v) is 12.0. The van der Waals surface area contributed by atoms with Crippen molar-refractivity contribution in [1.29, 1.82) is 0 Å². The molecule has 3 aromatic rings. The number of nitrogens with zero attached hydrogens (tertiary/aromatic N) is 3. The summed E-state index contributed by atoms with van der Waals surface area (Å²) in [6, 6.07) is 13.1. The predicted molar refractivity (Wildman–Crippen MR) is 131 cm³/mol. The lowest BCUT2D eigenvalue weighted by Gasteiger charge is -2.30. The average Bonchev–Trinajstić information content (AvgIpc) is 2.78. The molecule has 0 atom stereocenters. The van der Waals surface area contributed by atoms with Gasteiger partial charge in [0, 0.05) is 48.1 Å². The molecule has 0 unspecified atom stereocenters. The maximum absolute atomic E-state index is 12.7. The lowest BCUT2D eigenvalue weighted by molar-refractivity contribution is -0.274. The maximum Gasteiger partial charge on any atom is 0.573 e. The van der Waals surface area contributed by atoms with Gasteiger partial charge in [0.05, 0.1) is 5.52 Å². The molecule has 2 aromatic carbocycles. The van der Waals surface area contributed by atoms with E-state index >= 15 is 0 Å². The fraction of sp³-hybridized carbons (Fsp3) is 0.417. The topological polar surface area (TPSA) is 62.3 Å². The van der Waals surface area contributed by atoms with E-state index in [-0.39, 0.29) is 17.8 Å². The van der Waals surface area contributed by atoms with Gasteiger partial charge in [0.15, 0.2) is 0 Å². The molecule has 0 saturated heterocycles. The monoisotopic (exact) mass is 537 g/mol.